The topological polar surface area (TPSA) is 12.9 Å². The van der Waals surface area contributed by atoms with Gasteiger partial charge in [0.2, 0.25) is 0 Å². The molecule has 3 aromatic rings. The lowest BCUT2D eigenvalue weighted by molar-refractivity contribution is 0.823. The van der Waals surface area contributed by atoms with E-state index in [-0.39, 0.29) is 0 Å². The maximum atomic E-state index is 4.85. The van der Waals surface area contributed by atoms with E-state index in [0.29, 0.717) is 5.92 Å². The van der Waals surface area contributed by atoms with Gasteiger partial charge in [0, 0.05) is 14.5 Å². The molecule has 0 aliphatic carbocycles. The molecule has 1 heterocycles. The van der Waals surface area contributed by atoms with Crippen LogP contribution in [0, 0.1) is 3.57 Å². The smallest absolute Gasteiger partial charge is 0.0712 e. The first-order valence-electron chi connectivity index (χ1n) is 6.82. The standard InChI is InChI=1S/C18H16IN/c1-12(2)18-17(19)16(13-8-4-3-5-9-13)14-10-6-7-11-15(14)20-18/h3-12H,1-2H3. The number of pyridine rings is 1. The van der Waals surface area contributed by atoms with Crippen molar-refractivity contribution in [2.75, 3.05) is 0 Å². The normalized spacial score (nSPS) is 11.2. The highest BCUT2D eigenvalue weighted by atomic mass is 127. The van der Waals surface area contributed by atoms with E-state index in [1.807, 2.05) is 0 Å². The molecule has 2 aromatic carbocycles. The molecule has 0 unspecified atom stereocenters. The van der Waals surface area contributed by atoms with Crippen molar-refractivity contribution in [3.8, 4) is 11.1 Å². The third-order valence-corrected chi connectivity index (χ3v) is 4.56. The minimum absolute atomic E-state index is 0.425. The van der Waals surface area contributed by atoms with Gasteiger partial charge in [0.25, 0.3) is 0 Å². The molecule has 0 spiro atoms. The summed E-state index contributed by atoms with van der Waals surface area (Å²) in [5, 5.41) is 1.23. The van der Waals surface area contributed by atoms with E-state index < -0.39 is 0 Å². The average molecular weight is 373 g/mol. The van der Waals surface area contributed by atoms with E-state index in [0.717, 1.165) is 5.52 Å². The zero-order valence-electron chi connectivity index (χ0n) is 11.6. The summed E-state index contributed by atoms with van der Waals surface area (Å²) in [7, 11) is 0. The quantitative estimate of drug-likeness (QED) is 0.531. The Morgan fingerprint density at radius 1 is 0.900 bits per heavy atom. The van der Waals surface area contributed by atoms with Gasteiger partial charge in [-0.25, -0.2) is 0 Å². The van der Waals surface area contributed by atoms with Gasteiger partial charge < -0.3 is 0 Å². The summed E-state index contributed by atoms with van der Waals surface area (Å²) in [5.41, 5.74) is 4.83. The van der Waals surface area contributed by atoms with Crippen LogP contribution in [0.4, 0.5) is 0 Å². The maximum Gasteiger partial charge on any atom is 0.0712 e. The maximum absolute atomic E-state index is 4.85. The third-order valence-electron chi connectivity index (χ3n) is 3.47. The number of para-hydroxylation sites is 1. The Kier molecular flexibility index (Phi) is 3.74. The van der Waals surface area contributed by atoms with E-state index in [9.17, 15) is 0 Å². The number of hydrogen-bond acceptors (Lipinski definition) is 1. The highest BCUT2D eigenvalue weighted by Crippen LogP contribution is 2.35. The first kappa shape index (κ1) is 13.6. The Balaban J connectivity index is 2.42. The SMILES string of the molecule is CC(C)c1nc2ccccc2c(-c2ccccc2)c1I. The van der Waals surface area contributed by atoms with Crippen molar-refractivity contribution in [1.29, 1.82) is 0 Å². The number of aromatic nitrogens is 1. The molecule has 0 aliphatic heterocycles. The van der Waals surface area contributed by atoms with Gasteiger partial charge in [-0.15, -0.1) is 0 Å². The molecule has 0 atom stereocenters. The molecular formula is C18H16IN. The number of halogens is 1. The van der Waals surface area contributed by atoms with E-state index in [1.54, 1.807) is 0 Å². The van der Waals surface area contributed by atoms with Crippen LogP contribution < -0.4 is 0 Å². The molecule has 0 N–H and O–H groups in total. The Morgan fingerprint density at radius 2 is 1.55 bits per heavy atom. The molecule has 2 heteroatoms. The summed E-state index contributed by atoms with van der Waals surface area (Å²) in [6.07, 6.45) is 0. The Labute approximate surface area is 133 Å². The Morgan fingerprint density at radius 3 is 2.25 bits per heavy atom. The number of nitrogens with zero attached hydrogens (tertiary/aromatic N) is 1. The molecule has 100 valence electrons. The van der Waals surface area contributed by atoms with E-state index in [2.05, 4.69) is 91.0 Å². The molecule has 0 saturated carbocycles. The summed E-state index contributed by atoms with van der Waals surface area (Å²) in [5.74, 6) is 0.425. The van der Waals surface area contributed by atoms with E-state index in [1.165, 1.54) is 25.8 Å². The van der Waals surface area contributed by atoms with Crippen molar-refractivity contribution in [2.24, 2.45) is 0 Å². The molecule has 20 heavy (non-hydrogen) atoms. The van der Waals surface area contributed by atoms with Crippen LogP contribution in [0.15, 0.2) is 54.6 Å². The number of hydrogen-bond donors (Lipinski definition) is 0. The van der Waals surface area contributed by atoms with Crippen molar-refractivity contribution >= 4 is 33.5 Å². The molecule has 0 aliphatic rings. The predicted molar refractivity (Wildman–Crippen MR) is 94.0 cm³/mol. The van der Waals surface area contributed by atoms with E-state index in [4.69, 9.17) is 4.98 Å². The number of rotatable bonds is 2. The predicted octanol–water partition coefficient (Wildman–Crippen LogP) is 5.63. The monoisotopic (exact) mass is 373 g/mol. The van der Waals surface area contributed by atoms with Gasteiger partial charge in [0.05, 0.1) is 11.2 Å². The van der Waals surface area contributed by atoms with Crippen molar-refractivity contribution < 1.29 is 0 Å². The highest BCUT2D eigenvalue weighted by molar-refractivity contribution is 14.1. The van der Waals surface area contributed by atoms with Gasteiger partial charge in [-0.1, -0.05) is 62.4 Å². The van der Waals surface area contributed by atoms with Gasteiger partial charge >= 0.3 is 0 Å². The second-order valence-corrected chi connectivity index (χ2v) is 6.30. The third kappa shape index (κ3) is 2.33. The lowest BCUT2D eigenvalue weighted by Gasteiger charge is -2.15. The van der Waals surface area contributed by atoms with Gasteiger partial charge in [-0.3, -0.25) is 4.98 Å². The molecule has 0 saturated heterocycles. The van der Waals surface area contributed by atoms with E-state index >= 15 is 0 Å². The lowest BCUT2D eigenvalue weighted by Crippen LogP contribution is -2.00. The molecule has 0 amide bonds. The van der Waals surface area contributed by atoms with Crippen molar-refractivity contribution in [3.05, 3.63) is 63.9 Å². The number of fused-ring (bicyclic) bond motifs is 1. The fourth-order valence-corrected chi connectivity index (χ4v) is 3.82. The van der Waals surface area contributed by atoms with Gasteiger partial charge in [-0.2, -0.15) is 0 Å². The van der Waals surface area contributed by atoms with Crippen LogP contribution in [-0.4, -0.2) is 4.98 Å². The summed E-state index contributed by atoms with van der Waals surface area (Å²) in [6.45, 7) is 4.40. The minimum Gasteiger partial charge on any atom is -0.251 e. The van der Waals surface area contributed by atoms with Crippen LogP contribution in [-0.2, 0) is 0 Å². The Hall–Kier alpha value is -1.42. The average Bonchev–Trinajstić information content (AvgIpc) is 2.47. The molecule has 0 fully saturated rings. The van der Waals surface area contributed by atoms with Crippen LogP contribution in [0.1, 0.15) is 25.5 Å². The molecule has 0 bridgehead atoms. The Bertz CT molecular complexity index is 748. The van der Waals surface area contributed by atoms with Gasteiger partial charge in [-0.05, 0) is 40.1 Å². The second kappa shape index (κ2) is 5.52. The molecule has 1 aromatic heterocycles. The molecule has 0 radical (unpaired) electrons. The second-order valence-electron chi connectivity index (χ2n) is 5.22. The molecule has 3 rings (SSSR count). The van der Waals surface area contributed by atoms with Crippen molar-refractivity contribution in [3.63, 3.8) is 0 Å². The van der Waals surface area contributed by atoms with Crippen LogP contribution in [0.3, 0.4) is 0 Å². The van der Waals surface area contributed by atoms with Crippen LogP contribution in [0.2, 0.25) is 0 Å². The van der Waals surface area contributed by atoms with Crippen molar-refractivity contribution in [2.45, 2.75) is 19.8 Å². The summed E-state index contributed by atoms with van der Waals surface area (Å²) in [4.78, 5) is 4.85. The molecule has 1 nitrogen and oxygen atoms in total. The summed E-state index contributed by atoms with van der Waals surface area (Å²) < 4.78 is 1.27. The van der Waals surface area contributed by atoms with Crippen LogP contribution in [0.5, 0.6) is 0 Å². The van der Waals surface area contributed by atoms with Crippen LogP contribution in [0.25, 0.3) is 22.0 Å². The first-order valence-corrected chi connectivity index (χ1v) is 7.90. The first-order chi connectivity index (χ1) is 9.68. The van der Waals surface area contributed by atoms with Gasteiger partial charge in [0.1, 0.15) is 0 Å². The van der Waals surface area contributed by atoms with Gasteiger partial charge in [0.15, 0.2) is 0 Å². The fourth-order valence-electron chi connectivity index (χ4n) is 2.48. The van der Waals surface area contributed by atoms with Crippen LogP contribution >= 0.6 is 22.6 Å². The van der Waals surface area contributed by atoms with Crippen molar-refractivity contribution in [1.82, 2.24) is 4.98 Å². The zero-order valence-corrected chi connectivity index (χ0v) is 13.8. The zero-order chi connectivity index (χ0) is 14.1. The number of benzene rings is 2. The largest absolute Gasteiger partial charge is 0.251 e. The highest BCUT2D eigenvalue weighted by Gasteiger charge is 2.16. The minimum atomic E-state index is 0.425. The fraction of sp³-hybridized carbons (Fsp3) is 0.167. The summed E-state index contributed by atoms with van der Waals surface area (Å²) >= 11 is 2.45. The summed E-state index contributed by atoms with van der Waals surface area (Å²) in [6, 6.07) is 19.0. The lowest BCUT2D eigenvalue weighted by atomic mass is 9.97. The molecular weight excluding hydrogens is 357 g/mol.